The molecule has 2 rings (SSSR count). The second kappa shape index (κ2) is 3.92. The summed E-state index contributed by atoms with van der Waals surface area (Å²) >= 11 is 11.7. The molecule has 1 unspecified atom stereocenters. The zero-order valence-corrected chi connectivity index (χ0v) is 10.7. The molecule has 1 aromatic heterocycles. The molecule has 1 aliphatic carbocycles. The highest BCUT2D eigenvalue weighted by atomic mass is 79.9. The maximum atomic E-state index is 6.38. The zero-order valence-electron chi connectivity index (χ0n) is 7.52. The van der Waals surface area contributed by atoms with Crippen LogP contribution in [0.15, 0.2) is 9.85 Å². The molecular weight excluding hydrogens is 268 g/mol. The van der Waals surface area contributed by atoms with Crippen molar-refractivity contribution in [1.82, 2.24) is 0 Å². The Morgan fingerprint density at radius 2 is 2.31 bits per heavy atom. The fourth-order valence-corrected chi connectivity index (χ4v) is 3.68. The van der Waals surface area contributed by atoms with Crippen LogP contribution in [-0.4, -0.2) is 0 Å². The molecule has 0 radical (unpaired) electrons. The lowest BCUT2D eigenvalue weighted by Gasteiger charge is -2.29. The highest BCUT2D eigenvalue weighted by Crippen LogP contribution is 2.45. The quantitative estimate of drug-likeness (QED) is 0.676. The fraction of sp³-hybridized carbons (Fsp3) is 0.600. The second-order valence-electron chi connectivity index (χ2n) is 3.70. The molecule has 0 amide bonds. The van der Waals surface area contributed by atoms with E-state index in [4.69, 9.17) is 11.6 Å². The highest BCUT2D eigenvalue weighted by Gasteiger charge is 2.28. The third-order valence-electron chi connectivity index (χ3n) is 2.71. The van der Waals surface area contributed by atoms with Crippen LogP contribution in [0.25, 0.3) is 0 Å². The van der Waals surface area contributed by atoms with Crippen molar-refractivity contribution in [1.29, 1.82) is 0 Å². The molecule has 1 saturated carbocycles. The van der Waals surface area contributed by atoms with E-state index in [1.807, 2.05) is 0 Å². The Hall–Kier alpha value is 0.470. The first-order valence-corrected chi connectivity index (χ1v) is 6.63. The SMILES string of the molecule is Cc1cc(C(Cl)C2CCC2)sc1Br. The van der Waals surface area contributed by atoms with Crippen LogP contribution < -0.4 is 0 Å². The van der Waals surface area contributed by atoms with E-state index >= 15 is 0 Å². The summed E-state index contributed by atoms with van der Waals surface area (Å²) < 4.78 is 1.23. The van der Waals surface area contributed by atoms with E-state index in [9.17, 15) is 0 Å². The standard InChI is InChI=1S/C10H12BrClS/c1-6-5-8(13-10(6)11)9(12)7-3-2-4-7/h5,7,9H,2-4H2,1H3. The minimum atomic E-state index is 0.253. The van der Waals surface area contributed by atoms with Gasteiger partial charge in [-0.15, -0.1) is 22.9 Å². The number of alkyl halides is 1. The van der Waals surface area contributed by atoms with Crippen LogP contribution >= 0.6 is 38.9 Å². The van der Waals surface area contributed by atoms with E-state index in [0.717, 1.165) is 5.92 Å². The maximum absolute atomic E-state index is 6.38. The molecule has 0 spiro atoms. The summed E-state index contributed by atoms with van der Waals surface area (Å²) in [5, 5.41) is 0.253. The minimum Gasteiger partial charge on any atom is -0.131 e. The van der Waals surface area contributed by atoms with Crippen molar-refractivity contribution in [3.8, 4) is 0 Å². The van der Waals surface area contributed by atoms with Gasteiger partial charge in [0, 0.05) is 4.88 Å². The van der Waals surface area contributed by atoms with Crippen LogP contribution in [0.4, 0.5) is 0 Å². The van der Waals surface area contributed by atoms with Gasteiger partial charge in [0.25, 0.3) is 0 Å². The molecule has 0 aliphatic heterocycles. The van der Waals surface area contributed by atoms with Gasteiger partial charge in [-0.05, 0) is 53.2 Å². The molecule has 1 heterocycles. The van der Waals surface area contributed by atoms with Gasteiger partial charge in [-0.3, -0.25) is 0 Å². The molecule has 0 nitrogen and oxygen atoms in total. The normalized spacial score (nSPS) is 19.9. The number of hydrogen-bond acceptors (Lipinski definition) is 1. The third-order valence-corrected chi connectivity index (χ3v) is 5.65. The molecule has 0 saturated heterocycles. The Morgan fingerprint density at radius 3 is 2.69 bits per heavy atom. The van der Waals surface area contributed by atoms with Crippen LogP contribution in [0, 0.1) is 12.8 Å². The topological polar surface area (TPSA) is 0 Å². The van der Waals surface area contributed by atoms with Gasteiger partial charge in [-0.1, -0.05) is 6.42 Å². The van der Waals surface area contributed by atoms with Gasteiger partial charge in [0.05, 0.1) is 9.16 Å². The Kier molecular flexibility index (Phi) is 3.01. The van der Waals surface area contributed by atoms with E-state index in [2.05, 4.69) is 28.9 Å². The largest absolute Gasteiger partial charge is 0.131 e. The molecule has 1 fully saturated rings. The summed E-state index contributed by atoms with van der Waals surface area (Å²) in [6.07, 6.45) is 3.98. The third kappa shape index (κ3) is 1.95. The maximum Gasteiger partial charge on any atom is 0.0731 e. The van der Waals surface area contributed by atoms with Gasteiger partial charge in [0.1, 0.15) is 0 Å². The predicted molar refractivity (Wildman–Crippen MR) is 62.7 cm³/mol. The molecule has 0 N–H and O–H groups in total. The van der Waals surface area contributed by atoms with Gasteiger partial charge in [-0.2, -0.15) is 0 Å². The van der Waals surface area contributed by atoms with E-state index in [1.54, 1.807) is 11.3 Å². The number of halogens is 2. The van der Waals surface area contributed by atoms with Gasteiger partial charge >= 0.3 is 0 Å². The van der Waals surface area contributed by atoms with E-state index in [-0.39, 0.29) is 5.38 Å². The second-order valence-corrected chi connectivity index (χ2v) is 6.57. The van der Waals surface area contributed by atoms with Gasteiger partial charge in [0.2, 0.25) is 0 Å². The van der Waals surface area contributed by atoms with E-state index < -0.39 is 0 Å². The van der Waals surface area contributed by atoms with Crippen molar-refractivity contribution in [2.24, 2.45) is 5.92 Å². The van der Waals surface area contributed by atoms with E-state index in [0.29, 0.717) is 0 Å². The van der Waals surface area contributed by atoms with Crippen molar-refractivity contribution in [2.45, 2.75) is 31.6 Å². The van der Waals surface area contributed by atoms with Crippen LogP contribution in [0.2, 0.25) is 0 Å². The molecule has 0 bridgehead atoms. The molecular formula is C10H12BrClS. The Morgan fingerprint density at radius 1 is 1.62 bits per heavy atom. The van der Waals surface area contributed by atoms with Gasteiger partial charge in [0.15, 0.2) is 0 Å². The summed E-state index contributed by atoms with van der Waals surface area (Å²) in [5.74, 6) is 0.728. The molecule has 1 aliphatic rings. The van der Waals surface area contributed by atoms with Gasteiger partial charge < -0.3 is 0 Å². The lowest BCUT2D eigenvalue weighted by molar-refractivity contribution is 0.307. The number of aryl methyl sites for hydroxylation is 1. The van der Waals surface area contributed by atoms with Crippen LogP contribution in [0.5, 0.6) is 0 Å². The molecule has 1 atom stereocenters. The lowest BCUT2D eigenvalue weighted by Crippen LogP contribution is -2.15. The monoisotopic (exact) mass is 278 g/mol. The first-order valence-electron chi connectivity index (χ1n) is 4.58. The average molecular weight is 280 g/mol. The summed E-state index contributed by atoms with van der Waals surface area (Å²) in [7, 11) is 0. The summed E-state index contributed by atoms with van der Waals surface area (Å²) in [6, 6.07) is 2.21. The number of rotatable bonds is 2. The van der Waals surface area contributed by atoms with Crippen molar-refractivity contribution >= 4 is 38.9 Å². The van der Waals surface area contributed by atoms with E-state index in [1.165, 1.54) is 33.5 Å². The van der Waals surface area contributed by atoms with Crippen LogP contribution in [0.1, 0.15) is 35.1 Å². The van der Waals surface area contributed by atoms with Crippen LogP contribution in [0.3, 0.4) is 0 Å². The van der Waals surface area contributed by atoms with Crippen molar-refractivity contribution in [3.63, 3.8) is 0 Å². The number of thiophene rings is 1. The molecule has 3 heteroatoms. The smallest absolute Gasteiger partial charge is 0.0731 e. The minimum absolute atomic E-state index is 0.253. The first-order chi connectivity index (χ1) is 6.18. The van der Waals surface area contributed by atoms with Crippen molar-refractivity contribution in [2.75, 3.05) is 0 Å². The summed E-state index contributed by atoms with van der Waals surface area (Å²) in [5.41, 5.74) is 1.31. The predicted octanol–water partition coefficient (Wildman–Crippen LogP) is 4.90. The Bertz CT molecular complexity index is 284. The Labute approximate surface area is 96.4 Å². The van der Waals surface area contributed by atoms with Crippen LogP contribution in [-0.2, 0) is 0 Å². The zero-order chi connectivity index (χ0) is 9.42. The average Bonchev–Trinajstić information content (AvgIpc) is 2.28. The first kappa shape index (κ1) is 10.0. The molecule has 72 valence electrons. The van der Waals surface area contributed by atoms with Crippen molar-refractivity contribution < 1.29 is 0 Å². The van der Waals surface area contributed by atoms with Crippen molar-refractivity contribution in [3.05, 3.63) is 20.3 Å². The summed E-state index contributed by atoms with van der Waals surface area (Å²) in [6.45, 7) is 2.12. The highest BCUT2D eigenvalue weighted by molar-refractivity contribution is 9.11. The van der Waals surface area contributed by atoms with Gasteiger partial charge in [-0.25, -0.2) is 0 Å². The summed E-state index contributed by atoms with van der Waals surface area (Å²) in [4.78, 5) is 1.33. The number of hydrogen-bond donors (Lipinski definition) is 0. The lowest BCUT2D eigenvalue weighted by atomic mass is 9.82. The molecule has 13 heavy (non-hydrogen) atoms. The Balaban J connectivity index is 2.14. The fourth-order valence-electron chi connectivity index (χ4n) is 1.58. The molecule has 0 aromatic carbocycles. The molecule has 1 aromatic rings.